The molecule has 0 aliphatic carbocycles. The summed E-state index contributed by atoms with van der Waals surface area (Å²) in [6.45, 7) is 1.79. The van der Waals surface area contributed by atoms with Gasteiger partial charge in [-0.2, -0.15) is 0 Å². The Balaban J connectivity index is 2.46. The molecule has 0 saturated carbocycles. The molecule has 112 valence electrons. The SMILES string of the molecule is Cc1ccccc1NC(=O)c1cccc(C(=O)O)c1C(=O)O. The predicted molar refractivity (Wildman–Crippen MR) is 79.5 cm³/mol. The van der Waals surface area contributed by atoms with Crippen LogP contribution in [0.15, 0.2) is 42.5 Å². The summed E-state index contributed by atoms with van der Waals surface area (Å²) in [4.78, 5) is 34.7. The van der Waals surface area contributed by atoms with Crippen LogP contribution in [-0.2, 0) is 0 Å². The lowest BCUT2D eigenvalue weighted by Gasteiger charge is -2.11. The second kappa shape index (κ2) is 6.09. The van der Waals surface area contributed by atoms with Crippen molar-refractivity contribution >= 4 is 23.5 Å². The molecule has 1 amide bonds. The van der Waals surface area contributed by atoms with E-state index in [0.717, 1.165) is 11.6 Å². The first-order valence-electron chi connectivity index (χ1n) is 6.38. The summed E-state index contributed by atoms with van der Waals surface area (Å²) in [5.74, 6) is -3.54. The molecule has 0 heterocycles. The molecule has 0 aromatic heterocycles. The molecule has 0 aliphatic rings. The first-order valence-corrected chi connectivity index (χ1v) is 6.38. The molecular weight excluding hydrogens is 286 g/mol. The highest BCUT2D eigenvalue weighted by molar-refractivity contribution is 6.14. The molecule has 2 rings (SSSR count). The second-order valence-corrected chi connectivity index (χ2v) is 4.61. The normalized spacial score (nSPS) is 10.0. The average molecular weight is 299 g/mol. The highest BCUT2D eigenvalue weighted by atomic mass is 16.4. The van der Waals surface area contributed by atoms with Crippen LogP contribution in [0.25, 0.3) is 0 Å². The first kappa shape index (κ1) is 15.2. The molecule has 0 radical (unpaired) electrons. The van der Waals surface area contributed by atoms with Crippen molar-refractivity contribution in [2.75, 3.05) is 5.32 Å². The number of anilines is 1. The van der Waals surface area contributed by atoms with Crippen LogP contribution in [0, 0.1) is 6.92 Å². The number of hydrogen-bond donors (Lipinski definition) is 3. The number of carboxylic acid groups (broad SMARTS) is 2. The molecule has 22 heavy (non-hydrogen) atoms. The minimum Gasteiger partial charge on any atom is -0.478 e. The Kier molecular flexibility index (Phi) is 4.22. The monoisotopic (exact) mass is 299 g/mol. The summed E-state index contributed by atoms with van der Waals surface area (Å²) in [5, 5.41) is 20.9. The van der Waals surface area contributed by atoms with E-state index in [4.69, 9.17) is 5.11 Å². The summed E-state index contributed by atoms with van der Waals surface area (Å²) in [7, 11) is 0. The lowest BCUT2D eigenvalue weighted by Crippen LogP contribution is -2.19. The fourth-order valence-electron chi connectivity index (χ4n) is 2.05. The molecule has 2 aromatic rings. The number of benzene rings is 2. The lowest BCUT2D eigenvalue weighted by molar-refractivity contribution is 0.0649. The van der Waals surface area contributed by atoms with E-state index in [-0.39, 0.29) is 5.56 Å². The number of aromatic carboxylic acids is 2. The van der Waals surface area contributed by atoms with E-state index in [0.29, 0.717) is 5.69 Å². The second-order valence-electron chi connectivity index (χ2n) is 4.61. The number of rotatable bonds is 4. The van der Waals surface area contributed by atoms with Gasteiger partial charge >= 0.3 is 11.9 Å². The molecule has 0 bridgehead atoms. The van der Waals surface area contributed by atoms with Crippen molar-refractivity contribution < 1.29 is 24.6 Å². The number of nitrogens with one attached hydrogen (secondary N) is 1. The Morgan fingerprint density at radius 2 is 1.50 bits per heavy atom. The van der Waals surface area contributed by atoms with Gasteiger partial charge in [-0.05, 0) is 30.7 Å². The molecule has 6 nitrogen and oxygen atoms in total. The van der Waals surface area contributed by atoms with Crippen LogP contribution in [0.3, 0.4) is 0 Å². The molecule has 3 N–H and O–H groups in total. The summed E-state index contributed by atoms with van der Waals surface area (Å²) in [6, 6.07) is 10.8. The van der Waals surface area contributed by atoms with Gasteiger partial charge in [0.2, 0.25) is 0 Å². The Bertz CT molecular complexity index is 767. The zero-order chi connectivity index (χ0) is 16.3. The van der Waals surface area contributed by atoms with Crippen LogP contribution in [0.1, 0.15) is 36.6 Å². The van der Waals surface area contributed by atoms with E-state index < -0.39 is 29.0 Å². The van der Waals surface area contributed by atoms with Gasteiger partial charge in [-0.3, -0.25) is 4.79 Å². The molecule has 0 aliphatic heterocycles. The smallest absolute Gasteiger partial charge is 0.337 e. The van der Waals surface area contributed by atoms with E-state index in [1.165, 1.54) is 12.1 Å². The fourth-order valence-corrected chi connectivity index (χ4v) is 2.05. The van der Waals surface area contributed by atoms with Crippen molar-refractivity contribution in [3.63, 3.8) is 0 Å². The predicted octanol–water partition coefficient (Wildman–Crippen LogP) is 2.64. The maximum atomic E-state index is 12.3. The minimum atomic E-state index is -1.46. The van der Waals surface area contributed by atoms with Crippen LogP contribution < -0.4 is 5.32 Å². The zero-order valence-electron chi connectivity index (χ0n) is 11.7. The Hall–Kier alpha value is -3.15. The van der Waals surface area contributed by atoms with Gasteiger partial charge in [0.05, 0.1) is 16.7 Å². The zero-order valence-corrected chi connectivity index (χ0v) is 11.7. The summed E-state index contributed by atoms with van der Waals surface area (Å²) >= 11 is 0. The van der Waals surface area contributed by atoms with Gasteiger partial charge in [-0.1, -0.05) is 24.3 Å². The molecule has 0 atom stereocenters. The van der Waals surface area contributed by atoms with Gasteiger partial charge in [-0.25, -0.2) is 9.59 Å². The maximum absolute atomic E-state index is 12.3. The van der Waals surface area contributed by atoms with Gasteiger partial charge in [0, 0.05) is 5.69 Å². The molecule has 6 heteroatoms. The quantitative estimate of drug-likeness (QED) is 0.805. The third-order valence-electron chi connectivity index (χ3n) is 3.15. The molecule has 0 saturated heterocycles. The summed E-state index contributed by atoms with van der Waals surface area (Å²) < 4.78 is 0. The standard InChI is InChI=1S/C16H13NO5/c1-9-5-2-3-8-12(9)17-14(18)10-6-4-7-11(15(19)20)13(10)16(21)22/h2-8H,1H3,(H,17,18)(H,19,20)(H,21,22). The Labute approximate surface area is 126 Å². The number of aryl methyl sites for hydroxylation is 1. The van der Waals surface area contributed by atoms with Crippen LogP contribution in [0.2, 0.25) is 0 Å². The van der Waals surface area contributed by atoms with Crippen LogP contribution in [0.5, 0.6) is 0 Å². The van der Waals surface area contributed by atoms with Crippen molar-refractivity contribution in [1.82, 2.24) is 0 Å². The van der Waals surface area contributed by atoms with Gasteiger partial charge in [0.15, 0.2) is 0 Å². The number of amides is 1. The van der Waals surface area contributed by atoms with E-state index >= 15 is 0 Å². The number of carbonyl (C=O) groups excluding carboxylic acids is 1. The van der Waals surface area contributed by atoms with E-state index in [2.05, 4.69) is 5.32 Å². The number of para-hydroxylation sites is 1. The largest absolute Gasteiger partial charge is 0.478 e. The third kappa shape index (κ3) is 2.95. The van der Waals surface area contributed by atoms with Crippen LogP contribution >= 0.6 is 0 Å². The summed E-state index contributed by atoms with van der Waals surface area (Å²) in [6.07, 6.45) is 0. The molecule has 0 fully saturated rings. The number of hydrogen-bond acceptors (Lipinski definition) is 3. The third-order valence-corrected chi connectivity index (χ3v) is 3.15. The van der Waals surface area contributed by atoms with Gasteiger partial charge < -0.3 is 15.5 Å². The van der Waals surface area contributed by atoms with E-state index in [9.17, 15) is 19.5 Å². The fraction of sp³-hybridized carbons (Fsp3) is 0.0625. The van der Waals surface area contributed by atoms with Crippen molar-refractivity contribution in [1.29, 1.82) is 0 Å². The highest BCUT2D eigenvalue weighted by Crippen LogP contribution is 2.19. The van der Waals surface area contributed by atoms with Gasteiger partial charge in [0.25, 0.3) is 5.91 Å². The minimum absolute atomic E-state index is 0.198. The average Bonchev–Trinajstić information content (AvgIpc) is 2.48. The highest BCUT2D eigenvalue weighted by Gasteiger charge is 2.23. The van der Waals surface area contributed by atoms with Crippen LogP contribution in [-0.4, -0.2) is 28.1 Å². The molecular formula is C16H13NO5. The maximum Gasteiger partial charge on any atom is 0.337 e. The van der Waals surface area contributed by atoms with Crippen molar-refractivity contribution in [3.05, 3.63) is 64.7 Å². The van der Waals surface area contributed by atoms with Crippen molar-refractivity contribution in [2.24, 2.45) is 0 Å². The van der Waals surface area contributed by atoms with Crippen LogP contribution in [0.4, 0.5) is 5.69 Å². The number of carboxylic acids is 2. The van der Waals surface area contributed by atoms with E-state index in [1.807, 2.05) is 0 Å². The first-order chi connectivity index (χ1) is 10.4. The topological polar surface area (TPSA) is 104 Å². The number of carbonyl (C=O) groups is 3. The molecule has 2 aromatic carbocycles. The van der Waals surface area contributed by atoms with Crippen molar-refractivity contribution in [3.8, 4) is 0 Å². The van der Waals surface area contributed by atoms with Crippen molar-refractivity contribution in [2.45, 2.75) is 6.92 Å². The Morgan fingerprint density at radius 1 is 0.864 bits per heavy atom. The van der Waals surface area contributed by atoms with Gasteiger partial charge in [0.1, 0.15) is 0 Å². The van der Waals surface area contributed by atoms with Gasteiger partial charge in [-0.15, -0.1) is 0 Å². The Morgan fingerprint density at radius 3 is 2.09 bits per heavy atom. The lowest BCUT2D eigenvalue weighted by atomic mass is 10.00. The molecule has 0 unspecified atom stereocenters. The summed E-state index contributed by atoms with van der Waals surface area (Å²) in [5.41, 5.74) is 0.188. The molecule has 0 spiro atoms. The van der Waals surface area contributed by atoms with E-state index in [1.54, 1.807) is 31.2 Å².